The molecule has 0 unspecified atom stereocenters. The molecule has 0 atom stereocenters. The number of hydrogen-bond acceptors (Lipinski definition) is 0. The van der Waals surface area contributed by atoms with Crippen LogP contribution in [0.2, 0.25) is 13.1 Å². The summed E-state index contributed by atoms with van der Waals surface area (Å²) in [6.07, 6.45) is 16.5. The van der Waals surface area contributed by atoms with Gasteiger partial charge in [-0.05, 0) is 12.8 Å². The first-order valence-electron chi connectivity index (χ1n) is 9.40. The van der Waals surface area contributed by atoms with Crippen molar-refractivity contribution in [2.45, 2.75) is 84.2 Å². The second-order valence-electron chi connectivity index (χ2n) is 7.11. The third-order valence-electron chi connectivity index (χ3n) is 4.53. The van der Waals surface area contributed by atoms with Gasteiger partial charge in [0.15, 0.2) is 0 Å². The summed E-state index contributed by atoms with van der Waals surface area (Å²) in [6.45, 7) is 7.17. The monoisotopic (exact) mass is 316 g/mol. The molecule has 0 aliphatic heterocycles. The molecule has 0 radical (unpaired) electrons. The molecule has 124 valence electrons. The quantitative estimate of drug-likeness (QED) is 0.300. The van der Waals surface area contributed by atoms with Crippen LogP contribution in [-0.4, -0.2) is 8.07 Å². The van der Waals surface area contributed by atoms with Crippen molar-refractivity contribution >= 4 is 13.3 Å². The number of hydrogen-bond donors (Lipinski definition) is 0. The van der Waals surface area contributed by atoms with Gasteiger partial charge in [0.1, 0.15) is 8.07 Å². The first kappa shape index (κ1) is 19.2. The Hall–Kier alpha value is -0.823. The minimum atomic E-state index is -1.35. The Morgan fingerprint density at radius 1 is 0.773 bits per heavy atom. The van der Waals surface area contributed by atoms with Crippen LogP contribution in [0.15, 0.2) is 42.1 Å². The van der Waals surface area contributed by atoms with Crippen molar-refractivity contribution in [2.24, 2.45) is 0 Å². The molecule has 0 spiro atoms. The number of benzene rings is 1. The highest BCUT2D eigenvalue weighted by atomic mass is 28.3. The molecular formula is C21H36Si. The van der Waals surface area contributed by atoms with Crippen molar-refractivity contribution in [1.29, 1.82) is 0 Å². The number of rotatable bonds is 12. The molecule has 1 rings (SSSR count). The first-order valence-corrected chi connectivity index (χ1v) is 12.5. The predicted octanol–water partition coefficient (Wildman–Crippen LogP) is 6.62. The third-order valence-corrected chi connectivity index (χ3v) is 7.42. The molecule has 0 heterocycles. The molecule has 1 aromatic rings. The van der Waals surface area contributed by atoms with Crippen LogP contribution < -0.4 is 5.19 Å². The molecule has 0 aromatic heterocycles. The van der Waals surface area contributed by atoms with Gasteiger partial charge in [0.2, 0.25) is 0 Å². The van der Waals surface area contributed by atoms with E-state index in [0.717, 1.165) is 0 Å². The van der Waals surface area contributed by atoms with E-state index in [1.165, 1.54) is 64.2 Å². The Morgan fingerprint density at radius 2 is 1.32 bits per heavy atom. The second-order valence-corrected chi connectivity index (χ2v) is 11.5. The fourth-order valence-corrected chi connectivity index (χ4v) is 4.91. The summed E-state index contributed by atoms with van der Waals surface area (Å²) in [5, 5.41) is 1.54. The smallest absolute Gasteiger partial charge is 0.0943 e. The Morgan fingerprint density at radius 3 is 1.91 bits per heavy atom. The molecule has 22 heavy (non-hydrogen) atoms. The molecule has 1 heteroatoms. The van der Waals surface area contributed by atoms with E-state index >= 15 is 0 Å². The van der Waals surface area contributed by atoms with Crippen molar-refractivity contribution in [2.75, 3.05) is 0 Å². The van der Waals surface area contributed by atoms with Crippen LogP contribution in [-0.2, 0) is 0 Å². The molecule has 0 aliphatic rings. The summed E-state index contributed by atoms with van der Waals surface area (Å²) in [5.41, 5.74) is 2.52. The average molecular weight is 317 g/mol. The summed E-state index contributed by atoms with van der Waals surface area (Å²) in [4.78, 5) is 0. The molecule has 0 bridgehead atoms. The molecule has 0 N–H and O–H groups in total. The zero-order chi connectivity index (χ0) is 16.1. The molecule has 0 nitrogen and oxygen atoms in total. The highest BCUT2D eigenvalue weighted by Gasteiger charge is 2.18. The van der Waals surface area contributed by atoms with Gasteiger partial charge in [0.05, 0.1) is 0 Å². The predicted molar refractivity (Wildman–Crippen MR) is 105 cm³/mol. The molecule has 0 saturated heterocycles. The van der Waals surface area contributed by atoms with Gasteiger partial charge in [-0.1, -0.05) is 119 Å². The van der Waals surface area contributed by atoms with Gasteiger partial charge in [-0.2, -0.15) is 0 Å². The Kier molecular flexibility index (Phi) is 10.2. The van der Waals surface area contributed by atoms with E-state index in [1.807, 2.05) is 0 Å². The summed E-state index contributed by atoms with van der Waals surface area (Å²) >= 11 is 0. The number of unbranched alkanes of at least 4 members (excludes halogenated alkanes) is 9. The van der Waals surface area contributed by atoms with Crippen LogP contribution in [0.5, 0.6) is 0 Å². The molecule has 0 aliphatic carbocycles. The molecule has 0 amide bonds. The van der Waals surface area contributed by atoms with E-state index in [2.05, 4.69) is 62.1 Å². The lowest BCUT2D eigenvalue weighted by atomic mass is 10.1. The molecule has 0 saturated carbocycles. The zero-order valence-electron chi connectivity index (χ0n) is 15.1. The summed E-state index contributed by atoms with van der Waals surface area (Å²) in [7, 11) is -1.35. The minimum Gasteiger partial charge on any atom is -0.0943 e. The largest absolute Gasteiger partial charge is 0.103 e. The van der Waals surface area contributed by atoms with Crippen LogP contribution in [0.1, 0.15) is 71.1 Å². The highest BCUT2D eigenvalue weighted by Crippen LogP contribution is 2.11. The fourth-order valence-electron chi connectivity index (χ4n) is 2.91. The lowest BCUT2D eigenvalue weighted by Gasteiger charge is -2.18. The molecule has 1 aromatic carbocycles. The molecule has 0 fully saturated rings. The Bertz CT molecular complexity index is 392. The van der Waals surface area contributed by atoms with Crippen molar-refractivity contribution in [3.8, 4) is 0 Å². The van der Waals surface area contributed by atoms with E-state index in [-0.39, 0.29) is 0 Å². The van der Waals surface area contributed by atoms with Gasteiger partial charge in [-0.3, -0.25) is 0 Å². The van der Waals surface area contributed by atoms with E-state index in [0.29, 0.717) is 0 Å². The van der Waals surface area contributed by atoms with Crippen molar-refractivity contribution < 1.29 is 0 Å². The zero-order valence-corrected chi connectivity index (χ0v) is 16.1. The number of allylic oxidation sites excluding steroid dienone is 1. The van der Waals surface area contributed by atoms with Gasteiger partial charge in [0, 0.05) is 0 Å². The van der Waals surface area contributed by atoms with Gasteiger partial charge in [-0.15, -0.1) is 0 Å². The maximum Gasteiger partial charge on any atom is 0.103 e. The van der Waals surface area contributed by atoms with Crippen LogP contribution in [0.4, 0.5) is 0 Å². The summed E-state index contributed by atoms with van der Waals surface area (Å²) < 4.78 is 0. The second kappa shape index (κ2) is 11.7. The average Bonchev–Trinajstić information content (AvgIpc) is 2.53. The SMILES string of the molecule is CCCCCCCCCCC/C=C/[Si](C)(C)c1ccccc1. The van der Waals surface area contributed by atoms with E-state index in [4.69, 9.17) is 0 Å². The minimum absolute atomic E-state index is 1.26. The standard InChI is InChI=1S/C21H36Si/c1-4-5-6-7-8-9-10-11-12-13-17-20-22(2,3)21-18-15-14-16-19-21/h14-20H,4-13H2,1-3H3/b20-17+. The summed E-state index contributed by atoms with van der Waals surface area (Å²) in [5.74, 6) is 0. The van der Waals surface area contributed by atoms with E-state index in [1.54, 1.807) is 5.19 Å². The van der Waals surface area contributed by atoms with Crippen molar-refractivity contribution in [3.63, 3.8) is 0 Å². The highest BCUT2D eigenvalue weighted by molar-refractivity contribution is 6.93. The normalized spacial score (nSPS) is 12.1. The van der Waals surface area contributed by atoms with Crippen LogP contribution in [0.25, 0.3) is 0 Å². The third kappa shape index (κ3) is 8.58. The van der Waals surface area contributed by atoms with Gasteiger partial charge >= 0.3 is 0 Å². The van der Waals surface area contributed by atoms with E-state index in [9.17, 15) is 0 Å². The van der Waals surface area contributed by atoms with Crippen LogP contribution >= 0.6 is 0 Å². The maximum absolute atomic E-state index is 2.52. The molecular weight excluding hydrogens is 280 g/mol. The lowest BCUT2D eigenvalue weighted by Crippen LogP contribution is -2.39. The lowest BCUT2D eigenvalue weighted by molar-refractivity contribution is 0.566. The van der Waals surface area contributed by atoms with Crippen molar-refractivity contribution in [1.82, 2.24) is 0 Å². The van der Waals surface area contributed by atoms with Crippen LogP contribution in [0, 0.1) is 0 Å². The topological polar surface area (TPSA) is 0 Å². The summed E-state index contributed by atoms with van der Waals surface area (Å²) in [6, 6.07) is 11.0. The maximum atomic E-state index is 2.52. The van der Waals surface area contributed by atoms with Gasteiger partial charge in [-0.25, -0.2) is 0 Å². The Labute approximate surface area is 140 Å². The van der Waals surface area contributed by atoms with Gasteiger partial charge in [0.25, 0.3) is 0 Å². The van der Waals surface area contributed by atoms with Crippen molar-refractivity contribution in [3.05, 3.63) is 42.1 Å². The Balaban J connectivity index is 2.07. The van der Waals surface area contributed by atoms with Gasteiger partial charge < -0.3 is 0 Å². The van der Waals surface area contributed by atoms with E-state index < -0.39 is 8.07 Å². The first-order chi connectivity index (χ1) is 10.7. The van der Waals surface area contributed by atoms with Crippen LogP contribution in [0.3, 0.4) is 0 Å². The fraction of sp³-hybridized carbons (Fsp3) is 0.619.